The Labute approximate surface area is 120 Å². The molecule has 1 heterocycles. The van der Waals surface area contributed by atoms with Gasteiger partial charge in [0.1, 0.15) is 6.04 Å². The minimum absolute atomic E-state index is 0.0593. The van der Waals surface area contributed by atoms with Crippen molar-refractivity contribution in [3.63, 3.8) is 0 Å². The third kappa shape index (κ3) is 6.31. The summed E-state index contributed by atoms with van der Waals surface area (Å²) in [5.41, 5.74) is 5.48. The third-order valence-corrected chi connectivity index (χ3v) is 3.30. The number of morpholine rings is 1. The van der Waals surface area contributed by atoms with Gasteiger partial charge in [-0.2, -0.15) is 0 Å². The monoisotopic (exact) mass is 287 g/mol. The number of ether oxygens (including phenoxy) is 1. The van der Waals surface area contributed by atoms with E-state index >= 15 is 0 Å². The maximum absolute atomic E-state index is 12.1. The molecule has 1 amide bonds. The highest BCUT2D eigenvalue weighted by atomic mass is 32.1. The van der Waals surface area contributed by atoms with Crippen molar-refractivity contribution in [2.24, 2.45) is 5.73 Å². The summed E-state index contributed by atoms with van der Waals surface area (Å²) in [6, 6.07) is -0.00753. The molecule has 0 spiro atoms. The second kappa shape index (κ2) is 8.45. The van der Waals surface area contributed by atoms with Gasteiger partial charge in [0.25, 0.3) is 0 Å². The molecule has 110 valence electrons. The van der Waals surface area contributed by atoms with Crippen LogP contribution in [0.5, 0.6) is 0 Å². The lowest BCUT2D eigenvalue weighted by atomic mass is 10.1. The summed E-state index contributed by atoms with van der Waals surface area (Å²) in [7, 11) is 0. The van der Waals surface area contributed by atoms with Gasteiger partial charge in [0.15, 0.2) is 0 Å². The zero-order valence-corrected chi connectivity index (χ0v) is 12.7. The highest BCUT2D eigenvalue weighted by Crippen LogP contribution is 2.10. The molecule has 3 N–H and O–H groups in total. The summed E-state index contributed by atoms with van der Waals surface area (Å²) in [5, 5.41) is 2.95. The maximum atomic E-state index is 12.1. The number of carbonyl (C=O) groups is 1. The molecule has 0 aromatic carbocycles. The molecule has 1 fully saturated rings. The molecular weight excluding hydrogens is 262 g/mol. The lowest BCUT2D eigenvalue weighted by molar-refractivity contribution is -0.133. The van der Waals surface area contributed by atoms with E-state index in [1.54, 1.807) is 0 Å². The Hall–Kier alpha value is -0.720. The number of rotatable bonds is 7. The molecule has 1 saturated heterocycles. The van der Waals surface area contributed by atoms with Crippen LogP contribution in [0.4, 0.5) is 0 Å². The lowest BCUT2D eigenvalue weighted by Gasteiger charge is -2.34. The van der Waals surface area contributed by atoms with Gasteiger partial charge in [-0.1, -0.05) is 12.2 Å². The topological polar surface area (TPSA) is 67.6 Å². The molecule has 0 aromatic heterocycles. The first-order chi connectivity index (χ1) is 9.00. The highest BCUT2D eigenvalue weighted by Gasteiger charge is 2.29. The van der Waals surface area contributed by atoms with Gasteiger partial charge < -0.3 is 15.8 Å². The summed E-state index contributed by atoms with van der Waals surface area (Å²) in [6.45, 7) is 6.81. The fourth-order valence-corrected chi connectivity index (χ4v) is 2.29. The van der Waals surface area contributed by atoms with Crippen LogP contribution in [0, 0.1) is 0 Å². The summed E-state index contributed by atoms with van der Waals surface area (Å²) in [6.07, 6.45) is 2.76. The molecule has 0 saturated carbocycles. The van der Waals surface area contributed by atoms with E-state index in [2.05, 4.69) is 10.2 Å². The second-order valence-corrected chi connectivity index (χ2v) is 5.74. The first kappa shape index (κ1) is 16.3. The van der Waals surface area contributed by atoms with Crippen LogP contribution < -0.4 is 11.1 Å². The number of hydrogen-bond donors (Lipinski definition) is 2. The van der Waals surface area contributed by atoms with E-state index in [1.165, 1.54) is 0 Å². The van der Waals surface area contributed by atoms with Crippen molar-refractivity contribution in [2.75, 3.05) is 26.3 Å². The summed E-state index contributed by atoms with van der Waals surface area (Å²) >= 11 is 4.86. The third-order valence-electron chi connectivity index (χ3n) is 3.09. The van der Waals surface area contributed by atoms with Crippen LogP contribution in [-0.2, 0) is 9.53 Å². The lowest BCUT2D eigenvalue weighted by Crippen LogP contribution is -2.55. The molecular formula is C13H25N3O2S. The number of unbranched alkanes of at least 4 members (excludes halogenated alkanes) is 1. The molecule has 1 rings (SSSR count). The molecule has 5 nitrogen and oxygen atoms in total. The van der Waals surface area contributed by atoms with E-state index in [4.69, 9.17) is 22.7 Å². The molecule has 1 atom stereocenters. The molecule has 0 radical (unpaired) electrons. The van der Waals surface area contributed by atoms with Crippen LogP contribution in [0.2, 0.25) is 0 Å². The fourth-order valence-electron chi connectivity index (χ4n) is 2.14. The molecule has 0 aromatic rings. The van der Waals surface area contributed by atoms with E-state index in [0.29, 0.717) is 18.2 Å². The number of carbonyl (C=O) groups excluding carboxylic acids is 1. The van der Waals surface area contributed by atoms with Gasteiger partial charge in [0, 0.05) is 12.6 Å². The first-order valence-corrected chi connectivity index (χ1v) is 7.32. The van der Waals surface area contributed by atoms with Gasteiger partial charge in [0.05, 0.1) is 18.2 Å². The molecule has 6 heteroatoms. The zero-order chi connectivity index (χ0) is 14.3. The Bertz CT molecular complexity index is 310. The second-order valence-electron chi connectivity index (χ2n) is 5.21. The van der Waals surface area contributed by atoms with Gasteiger partial charge in [-0.05, 0) is 39.7 Å². The van der Waals surface area contributed by atoms with Crippen LogP contribution in [0.15, 0.2) is 0 Å². The quantitative estimate of drug-likeness (QED) is 0.532. The standard InChI is InChI=1S/C13H25N3O2S/c1-10(2)15-13(17)11-9-18-8-7-16(11)6-4-3-5-12(14)19/h10-11H,3-9H2,1-2H3,(H2,14,19)(H,15,17). The van der Waals surface area contributed by atoms with Crippen LogP contribution in [0.25, 0.3) is 0 Å². The van der Waals surface area contributed by atoms with Gasteiger partial charge in [0.2, 0.25) is 5.91 Å². The van der Waals surface area contributed by atoms with Crippen molar-refractivity contribution in [2.45, 2.75) is 45.2 Å². The number of amides is 1. The van der Waals surface area contributed by atoms with Crippen molar-refractivity contribution in [1.82, 2.24) is 10.2 Å². The minimum atomic E-state index is -0.166. The zero-order valence-electron chi connectivity index (χ0n) is 11.9. The fraction of sp³-hybridized carbons (Fsp3) is 0.846. The number of nitrogens with zero attached hydrogens (tertiary/aromatic N) is 1. The summed E-state index contributed by atoms with van der Waals surface area (Å²) in [5.74, 6) is 0.0593. The number of nitrogens with two attached hydrogens (primary N) is 1. The van der Waals surface area contributed by atoms with Crippen LogP contribution in [0.1, 0.15) is 33.1 Å². The Balaban J connectivity index is 2.39. The Kier molecular flexibility index (Phi) is 7.27. The van der Waals surface area contributed by atoms with E-state index in [-0.39, 0.29) is 18.0 Å². The number of thiocarbonyl (C=S) groups is 1. The van der Waals surface area contributed by atoms with E-state index in [0.717, 1.165) is 32.4 Å². The van der Waals surface area contributed by atoms with Crippen molar-refractivity contribution in [3.8, 4) is 0 Å². The summed E-state index contributed by atoms with van der Waals surface area (Å²) < 4.78 is 5.42. The summed E-state index contributed by atoms with van der Waals surface area (Å²) in [4.78, 5) is 14.8. The van der Waals surface area contributed by atoms with Crippen LogP contribution >= 0.6 is 12.2 Å². The SMILES string of the molecule is CC(C)NC(=O)C1COCCN1CCCCC(N)=S. The average molecular weight is 287 g/mol. The number of nitrogens with one attached hydrogen (secondary N) is 1. The molecule has 0 aliphatic carbocycles. The molecule has 1 unspecified atom stereocenters. The van der Waals surface area contributed by atoms with Crippen LogP contribution in [-0.4, -0.2) is 54.2 Å². The van der Waals surface area contributed by atoms with Gasteiger partial charge in [-0.25, -0.2) is 0 Å². The van der Waals surface area contributed by atoms with Crippen molar-refractivity contribution in [1.29, 1.82) is 0 Å². The predicted molar refractivity (Wildman–Crippen MR) is 80.1 cm³/mol. The van der Waals surface area contributed by atoms with Crippen molar-refractivity contribution < 1.29 is 9.53 Å². The minimum Gasteiger partial charge on any atom is -0.393 e. The predicted octanol–water partition coefficient (Wildman–Crippen LogP) is 0.668. The molecule has 0 bridgehead atoms. The van der Waals surface area contributed by atoms with Crippen molar-refractivity contribution in [3.05, 3.63) is 0 Å². The van der Waals surface area contributed by atoms with E-state index < -0.39 is 0 Å². The molecule has 1 aliphatic heterocycles. The highest BCUT2D eigenvalue weighted by molar-refractivity contribution is 7.80. The largest absolute Gasteiger partial charge is 0.393 e. The Morgan fingerprint density at radius 2 is 2.26 bits per heavy atom. The Morgan fingerprint density at radius 3 is 2.89 bits per heavy atom. The smallest absolute Gasteiger partial charge is 0.239 e. The molecule has 1 aliphatic rings. The van der Waals surface area contributed by atoms with Crippen LogP contribution in [0.3, 0.4) is 0 Å². The van der Waals surface area contributed by atoms with E-state index in [9.17, 15) is 4.79 Å². The van der Waals surface area contributed by atoms with Gasteiger partial charge in [-0.15, -0.1) is 0 Å². The number of hydrogen-bond acceptors (Lipinski definition) is 4. The molecule has 19 heavy (non-hydrogen) atoms. The normalized spacial score (nSPS) is 20.5. The van der Waals surface area contributed by atoms with E-state index in [1.807, 2.05) is 13.8 Å². The average Bonchev–Trinajstić information content (AvgIpc) is 2.34. The Morgan fingerprint density at radius 1 is 1.53 bits per heavy atom. The maximum Gasteiger partial charge on any atom is 0.239 e. The first-order valence-electron chi connectivity index (χ1n) is 6.91. The van der Waals surface area contributed by atoms with Gasteiger partial charge >= 0.3 is 0 Å². The van der Waals surface area contributed by atoms with Crippen molar-refractivity contribution >= 4 is 23.1 Å². The van der Waals surface area contributed by atoms with Gasteiger partial charge in [-0.3, -0.25) is 9.69 Å².